The number of benzene rings is 1. The van der Waals surface area contributed by atoms with Crippen LogP contribution < -0.4 is 10.6 Å². The van der Waals surface area contributed by atoms with Crippen molar-refractivity contribution in [3.63, 3.8) is 0 Å². The Bertz CT molecular complexity index is 2180. The predicted molar refractivity (Wildman–Crippen MR) is 242 cm³/mol. The molecule has 3 unspecified atom stereocenters. The van der Waals surface area contributed by atoms with Crippen LogP contribution >= 0.6 is 11.8 Å². The lowest BCUT2D eigenvalue weighted by atomic mass is 9.82. The number of carbonyl (C=O) groups excluding carboxylic acids is 2. The van der Waals surface area contributed by atoms with Crippen LogP contribution in [0, 0.1) is 30.1 Å². The van der Waals surface area contributed by atoms with E-state index in [0.717, 1.165) is 83.1 Å². The molecule has 14 nitrogen and oxygen atoms in total. The summed E-state index contributed by atoms with van der Waals surface area (Å²) in [6.45, 7) is 5.35. The molecule has 2 aliphatic carbocycles. The number of aliphatic hydroxyl groups excluding tert-OH is 2. The number of alkyl carbamates (subject to hydrolysis) is 1. The number of fused-ring (bicyclic) bond motifs is 1. The van der Waals surface area contributed by atoms with Crippen molar-refractivity contribution in [3.8, 4) is 23.6 Å². The number of amides is 2. The van der Waals surface area contributed by atoms with E-state index in [0.29, 0.717) is 31.9 Å². The number of thioether (sulfide) groups is 1. The monoisotopic (exact) mass is 864 g/mol. The molecule has 15 heteroatoms. The fraction of sp³-hybridized carbons (Fsp3) is 0.489. The van der Waals surface area contributed by atoms with Crippen LogP contribution in [0.25, 0.3) is 22.4 Å². The number of carbonyl (C=O) groups is 2. The molecule has 0 radical (unpaired) electrons. The second kappa shape index (κ2) is 20.9. The number of aromatic nitrogens is 4. The summed E-state index contributed by atoms with van der Waals surface area (Å²) in [6, 6.07) is 7.20. The van der Waals surface area contributed by atoms with Crippen molar-refractivity contribution in [2.24, 2.45) is 17.8 Å². The van der Waals surface area contributed by atoms with E-state index in [1.54, 1.807) is 0 Å². The topological polar surface area (TPSA) is 181 Å². The van der Waals surface area contributed by atoms with Gasteiger partial charge < -0.3 is 39.9 Å². The van der Waals surface area contributed by atoms with E-state index in [1.807, 2.05) is 47.8 Å². The molecule has 7 rings (SSSR count). The molecule has 2 aliphatic heterocycles. The molecular weight excluding hydrogens is 805 g/mol. The van der Waals surface area contributed by atoms with Gasteiger partial charge in [0.2, 0.25) is 12.3 Å². The zero-order valence-corrected chi connectivity index (χ0v) is 36.9. The molecule has 2 saturated heterocycles. The van der Waals surface area contributed by atoms with Crippen LogP contribution in [-0.2, 0) is 20.8 Å². The van der Waals surface area contributed by atoms with Crippen molar-refractivity contribution in [2.75, 3.05) is 38.8 Å². The van der Waals surface area contributed by atoms with E-state index >= 15 is 0 Å². The average molecular weight is 865 g/mol. The smallest absolute Gasteiger partial charge is 0.407 e. The lowest BCUT2D eigenvalue weighted by Gasteiger charge is -2.36. The molecule has 2 amide bonds. The summed E-state index contributed by atoms with van der Waals surface area (Å²) < 4.78 is 9.89. The largest absolute Gasteiger partial charge is 0.453 e. The predicted octanol–water partition coefficient (Wildman–Crippen LogP) is 5.99. The molecule has 3 aromatic rings. The van der Waals surface area contributed by atoms with Gasteiger partial charge in [0.05, 0.1) is 49.5 Å². The number of ether oxygens (including phenoxy) is 2. The number of terminal acetylenes is 1. The number of aromatic amines is 2. The third-order valence-electron chi connectivity index (χ3n) is 12.4. The van der Waals surface area contributed by atoms with Gasteiger partial charge in [0.15, 0.2) is 0 Å². The SMILES string of the molecule is C#CCCN(Cc1ncc(C2=CCC3C=C(c4ccc(-c5cnc([C@@H]6CCCN6C(=O)[C@@H](NC(=O)OC)C6CCSCC6)[nH]5)cc4)C=CC3=C2)[nH]1)C(O)[C@@H](NC(O)OC)C(C)C. The summed E-state index contributed by atoms with van der Waals surface area (Å²) in [5, 5.41) is 27.3. The van der Waals surface area contributed by atoms with Gasteiger partial charge in [-0.05, 0) is 89.4 Å². The molecule has 2 aromatic heterocycles. The number of nitrogens with zero attached hydrogens (tertiary/aromatic N) is 4. The molecule has 2 fully saturated rings. The number of rotatable bonds is 17. The van der Waals surface area contributed by atoms with E-state index in [9.17, 15) is 19.8 Å². The molecule has 6 N–H and O–H groups in total. The standard InChI is InChI=1S/C47H60N8O6S/c1-6-7-20-54(44(56)41(29(2)3)52-46(58)60-4)28-40-48-26-38(50-40)36-17-16-34-24-33(14-15-35(34)25-36)30-10-12-31(13-11-30)37-27-49-43(51-37)39-9-8-21-55(39)45(57)42(53-47(59)61-5)32-18-22-62-23-19-32/h1,10-15,17,24-27,29,32,34,39,41-42,44,46,52,56,58H,7-9,16,18-23,28H2,2-5H3,(H,48,50)(H,49,51)(H,53,59)/t34?,39-,41-,42-,44?,46?/m0/s1. The van der Waals surface area contributed by atoms with Gasteiger partial charge in [-0.3, -0.25) is 15.0 Å². The molecule has 4 aliphatic rings. The van der Waals surface area contributed by atoms with E-state index in [4.69, 9.17) is 20.9 Å². The maximum atomic E-state index is 14.0. The first kappa shape index (κ1) is 45.1. The number of methoxy groups -OCH3 is 2. The Hall–Kier alpha value is -4.95. The second-order valence-electron chi connectivity index (χ2n) is 16.7. The number of likely N-dealkylation sites (tertiary alicyclic amines) is 1. The maximum Gasteiger partial charge on any atom is 0.407 e. The molecule has 0 spiro atoms. The summed E-state index contributed by atoms with van der Waals surface area (Å²) in [7, 11) is 2.73. The first-order chi connectivity index (χ1) is 30.1. The first-order valence-electron chi connectivity index (χ1n) is 21.6. The van der Waals surface area contributed by atoms with Crippen molar-refractivity contribution >= 4 is 34.9 Å². The molecule has 1 aromatic carbocycles. The molecule has 62 heavy (non-hydrogen) atoms. The Kier molecular flexibility index (Phi) is 15.2. The second-order valence-corrected chi connectivity index (χ2v) is 17.9. The quantitative estimate of drug-likeness (QED) is 0.0693. The molecule has 4 heterocycles. The van der Waals surface area contributed by atoms with Crippen LogP contribution in [-0.4, -0.2) is 115 Å². The highest BCUT2D eigenvalue weighted by atomic mass is 32.2. The van der Waals surface area contributed by atoms with Gasteiger partial charge in [-0.1, -0.05) is 62.4 Å². The van der Waals surface area contributed by atoms with Gasteiger partial charge in [0, 0.05) is 32.5 Å². The zero-order chi connectivity index (χ0) is 43.8. The highest BCUT2D eigenvalue weighted by Crippen LogP contribution is 2.38. The number of H-pyrrole nitrogens is 2. The molecule has 0 bridgehead atoms. The number of nitrogens with one attached hydrogen (secondary N) is 4. The van der Waals surface area contributed by atoms with Crippen LogP contribution in [0.1, 0.15) is 81.3 Å². The van der Waals surface area contributed by atoms with Crippen molar-refractivity contribution in [3.05, 3.63) is 95.5 Å². The normalized spacial score (nSPS) is 21.1. The van der Waals surface area contributed by atoms with E-state index in [-0.39, 0.29) is 29.7 Å². The number of allylic oxidation sites excluding steroid dienone is 8. The minimum absolute atomic E-state index is 0.00538. The molecule has 6 atom stereocenters. The first-order valence-corrected chi connectivity index (χ1v) is 22.8. The Morgan fingerprint density at radius 1 is 1.03 bits per heavy atom. The van der Waals surface area contributed by atoms with E-state index in [2.05, 4.69) is 86.2 Å². The minimum Gasteiger partial charge on any atom is -0.453 e. The van der Waals surface area contributed by atoms with Gasteiger partial charge >= 0.3 is 6.09 Å². The third kappa shape index (κ3) is 10.6. The van der Waals surface area contributed by atoms with E-state index in [1.165, 1.54) is 19.8 Å². The number of imidazole rings is 2. The number of hydrogen-bond acceptors (Lipinski definition) is 11. The summed E-state index contributed by atoms with van der Waals surface area (Å²) in [4.78, 5) is 46.4. The number of aliphatic hydroxyl groups is 2. The van der Waals surface area contributed by atoms with Crippen LogP contribution in [0.15, 0.2) is 72.6 Å². The summed E-state index contributed by atoms with van der Waals surface area (Å²) in [5.41, 5.74) is 7.37. The highest BCUT2D eigenvalue weighted by Gasteiger charge is 2.40. The molecular formula is C47H60N8O6S. The molecule has 330 valence electrons. The third-order valence-corrected chi connectivity index (χ3v) is 13.5. The zero-order valence-electron chi connectivity index (χ0n) is 36.0. The van der Waals surface area contributed by atoms with Crippen LogP contribution in [0.3, 0.4) is 0 Å². The fourth-order valence-electron chi connectivity index (χ4n) is 8.89. The van der Waals surface area contributed by atoms with Gasteiger partial charge in [-0.2, -0.15) is 11.8 Å². The Balaban J connectivity index is 0.978. The summed E-state index contributed by atoms with van der Waals surface area (Å²) in [6.07, 6.45) is 22.4. The highest BCUT2D eigenvalue weighted by molar-refractivity contribution is 7.99. The van der Waals surface area contributed by atoms with Crippen molar-refractivity contribution in [1.29, 1.82) is 0 Å². The average Bonchev–Trinajstić information content (AvgIpc) is 4.10. The van der Waals surface area contributed by atoms with Crippen molar-refractivity contribution < 1.29 is 29.3 Å². The Labute approximate surface area is 368 Å². The minimum atomic E-state index is -1.21. The van der Waals surface area contributed by atoms with Crippen LogP contribution in [0.2, 0.25) is 0 Å². The Morgan fingerprint density at radius 2 is 1.79 bits per heavy atom. The van der Waals surface area contributed by atoms with Crippen LogP contribution in [0.5, 0.6) is 0 Å². The van der Waals surface area contributed by atoms with Gasteiger partial charge in [0.1, 0.15) is 23.9 Å². The molecule has 0 saturated carbocycles. The lowest BCUT2D eigenvalue weighted by Crippen LogP contribution is -2.55. The van der Waals surface area contributed by atoms with Crippen LogP contribution in [0.4, 0.5) is 4.79 Å². The van der Waals surface area contributed by atoms with Gasteiger partial charge in [-0.25, -0.2) is 14.8 Å². The number of hydrogen-bond donors (Lipinski definition) is 6. The van der Waals surface area contributed by atoms with Crippen molar-refractivity contribution in [1.82, 2.24) is 40.4 Å². The Morgan fingerprint density at radius 3 is 2.52 bits per heavy atom. The van der Waals surface area contributed by atoms with Crippen molar-refractivity contribution in [2.45, 2.75) is 89.7 Å². The lowest BCUT2D eigenvalue weighted by molar-refractivity contribution is -0.136. The van der Waals surface area contributed by atoms with E-state index < -0.39 is 30.8 Å². The fourth-order valence-corrected chi connectivity index (χ4v) is 10.0. The van der Waals surface area contributed by atoms with Gasteiger partial charge in [-0.15, -0.1) is 12.3 Å². The summed E-state index contributed by atoms with van der Waals surface area (Å²) >= 11 is 1.89. The van der Waals surface area contributed by atoms with Gasteiger partial charge in [0.25, 0.3) is 0 Å². The summed E-state index contributed by atoms with van der Waals surface area (Å²) in [5.74, 6) is 6.33. The maximum absolute atomic E-state index is 14.0.